The van der Waals surface area contributed by atoms with Crippen LogP contribution in [0.4, 0.5) is 4.39 Å². The zero-order valence-corrected chi connectivity index (χ0v) is 17.1. The summed E-state index contributed by atoms with van der Waals surface area (Å²) in [6, 6.07) is 8.59. The Balaban J connectivity index is 1.96. The molecule has 3 heterocycles. The van der Waals surface area contributed by atoms with Crippen molar-refractivity contribution < 1.29 is 13.9 Å². The van der Waals surface area contributed by atoms with Crippen molar-refractivity contribution in [1.29, 1.82) is 0 Å². The van der Waals surface area contributed by atoms with E-state index in [0.717, 1.165) is 5.56 Å². The molecule has 0 saturated carbocycles. The van der Waals surface area contributed by atoms with Crippen LogP contribution in [-0.2, 0) is 9.53 Å². The number of hydrogen-bond acceptors (Lipinski definition) is 6. The van der Waals surface area contributed by atoms with Crippen LogP contribution in [0.1, 0.15) is 31.0 Å². The molecule has 4 rings (SSSR count). The van der Waals surface area contributed by atoms with E-state index in [-0.39, 0.29) is 17.7 Å². The number of aromatic nitrogens is 2. The van der Waals surface area contributed by atoms with Gasteiger partial charge in [-0.25, -0.2) is 14.2 Å². The van der Waals surface area contributed by atoms with Crippen molar-refractivity contribution in [1.82, 2.24) is 9.55 Å². The van der Waals surface area contributed by atoms with Gasteiger partial charge in [-0.15, -0.1) is 0 Å². The molecular weight excluding hydrogens is 405 g/mol. The Hall–Kier alpha value is -3.39. The highest BCUT2D eigenvalue weighted by molar-refractivity contribution is 7.07. The van der Waals surface area contributed by atoms with Crippen LogP contribution in [0.5, 0.6) is 0 Å². The summed E-state index contributed by atoms with van der Waals surface area (Å²) < 4.78 is 20.7. The second-order valence-corrected chi connectivity index (χ2v) is 7.64. The zero-order valence-electron chi connectivity index (χ0n) is 16.3. The van der Waals surface area contributed by atoms with Gasteiger partial charge in [0.25, 0.3) is 5.56 Å². The summed E-state index contributed by atoms with van der Waals surface area (Å²) in [5.74, 6) is -0.946. The van der Waals surface area contributed by atoms with Crippen LogP contribution >= 0.6 is 11.3 Å². The van der Waals surface area contributed by atoms with E-state index in [1.807, 2.05) is 0 Å². The standard InChI is InChI=1S/C22H18FN3O3S/c1-3-29-21(28)18-13(2)25-22-26(19(18)15-4-6-16(23)7-5-15)20(27)17(30-22)12-14-8-10-24-11-9-14/h4-12,19H,3H2,1-2H3/b17-12-/t19-/m1/s1. The summed E-state index contributed by atoms with van der Waals surface area (Å²) in [7, 11) is 0. The number of rotatable bonds is 4. The Bertz CT molecular complexity index is 1310. The van der Waals surface area contributed by atoms with Crippen molar-refractivity contribution >= 4 is 23.4 Å². The third-order valence-corrected chi connectivity index (χ3v) is 5.69. The average Bonchev–Trinajstić information content (AvgIpc) is 3.03. The third kappa shape index (κ3) is 3.61. The maximum absolute atomic E-state index is 13.5. The lowest BCUT2D eigenvalue weighted by atomic mass is 9.96. The number of fused-ring (bicyclic) bond motifs is 1. The second-order valence-electron chi connectivity index (χ2n) is 6.63. The minimum atomic E-state index is -0.750. The lowest BCUT2D eigenvalue weighted by Gasteiger charge is -2.24. The molecule has 6 nitrogen and oxygen atoms in total. The number of hydrogen-bond donors (Lipinski definition) is 0. The Morgan fingerprint density at radius 2 is 1.93 bits per heavy atom. The molecule has 0 bridgehead atoms. The monoisotopic (exact) mass is 423 g/mol. The second kappa shape index (κ2) is 8.16. The summed E-state index contributed by atoms with van der Waals surface area (Å²) in [5, 5.41) is 0. The van der Waals surface area contributed by atoms with E-state index in [9.17, 15) is 14.0 Å². The first kappa shape index (κ1) is 19.9. The molecule has 0 fully saturated rings. The number of pyridine rings is 1. The van der Waals surface area contributed by atoms with Gasteiger partial charge in [-0.2, -0.15) is 0 Å². The molecule has 8 heteroatoms. The van der Waals surface area contributed by atoms with Crippen molar-refractivity contribution in [3.05, 3.63) is 96.7 Å². The van der Waals surface area contributed by atoms with Gasteiger partial charge in [0.15, 0.2) is 4.80 Å². The van der Waals surface area contributed by atoms with E-state index in [1.165, 1.54) is 28.0 Å². The smallest absolute Gasteiger partial charge is 0.338 e. The van der Waals surface area contributed by atoms with Crippen molar-refractivity contribution in [3.8, 4) is 0 Å². The average molecular weight is 423 g/mol. The summed E-state index contributed by atoms with van der Waals surface area (Å²) >= 11 is 1.24. The molecule has 1 atom stereocenters. The van der Waals surface area contributed by atoms with Crippen LogP contribution < -0.4 is 14.9 Å². The van der Waals surface area contributed by atoms with Crippen LogP contribution in [-0.4, -0.2) is 22.1 Å². The number of nitrogens with zero attached hydrogens (tertiary/aromatic N) is 3. The summed E-state index contributed by atoms with van der Waals surface area (Å²) in [4.78, 5) is 35.0. The quantitative estimate of drug-likeness (QED) is 0.604. The number of thiazole rings is 1. The number of benzene rings is 1. The Morgan fingerprint density at radius 3 is 2.60 bits per heavy atom. The summed E-state index contributed by atoms with van der Waals surface area (Å²) in [5.41, 5.74) is 1.89. The molecule has 0 saturated heterocycles. The number of halogens is 1. The number of allylic oxidation sites excluding steroid dienone is 1. The fraction of sp³-hybridized carbons (Fsp3) is 0.182. The van der Waals surface area contributed by atoms with Crippen molar-refractivity contribution in [2.45, 2.75) is 19.9 Å². The number of carbonyl (C=O) groups is 1. The molecule has 0 N–H and O–H groups in total. The van der Waals surface area contributed by atoms with Crippen molar-refractivity contribution in [2.75, 3.05) is 6.61 Å². The Morgan fingerprint density at radius 1 is 1.23 bits per heavy atom. The van der Waals surface area contributed by atoms with Gasteiger partial charge in [0.05, 0.1) is 28.5 Å². The zero-order chi connectivity index (χ0) is 21.3. The van der Waals surface area contributed by atoms with Crippen LogP contribution in [0.25, 0.3) is 6.08 Å². The molecular formula is C22H18FN3O3S. The van der Waals surface area contributed by atoms with Crippen LogP contribution in [0.2, 0.25) is 0 Å². The summed E-state index contributed by atoms with van der Waals surface area (Å²) in [6.45, 7) is 3.62. The molecule has 30 heavy (non-hydrogen) atoms. The maximum Gasteiger partial charge on any atom is 0.338 e. The van der Waals surface area contributed by atoms with E-state index >= 15 is 0 Å². The predicted octanol–water partition coefficient (Wildman–Crippen LogP) is 2.33. The lowest BCUT2D eigenvalue weighted by Crippen LogP contribution is -2.39. The van der Waals surface area contributed by atoms with Gasteiger partial charge in [-0.1, -0.05) is 23.5 Å². The molecule has 2 aromatic heterocycles. The van der Waals surface area contributed by atoms with Gasteiger partial charge < -0.3 is 4.74 Å². The summed E-state index contributed by atoms with van der Waals surface area (Å²) in [6.07, 6.45) is 5.05. The number of carbonyl (C=O) groups excluding carboxylic acids is 1. The van der Waals surface area contributed by atoms with Gasteiger partial charge in [-0.05, 0) is 55.3 Å². The first-order valence-corrected chi connectivity index (χ1v) is 10.2. The van der Waals surface area contributed by atoms with Crippen LogP contribution in [0, 0.1) is 5.82 Å². The van der Waals surface area contributed by atoms with Gasteiger partial charge in [0.2, 0.25) is 0 Å². The first-order valence-electron chi connectivity index (χ1n) is 9.34. The SMILES string of the molecule is CCOC(=O)C1=C(C)N=c2s/c(=C\c3ccncc3)c(=O)n2[C@@H]1c1ccc(F)cc1. The Kier molecular flexibility index (Phi) is 5.41. The molecule has 0 amide bonds. The molecule has 1 aliphatic rings. The largest absolute Gasteiger partial charge is 0.463 e. The predicted molar refractivity (Wildman–Crippen MR) is 111 cm³/mol. The molecule has 3 aromatic rings. The molecule has 0 unspecified atom stereocenters. The topological polar surface area (TPSA) is 73.6 Å². The molecule has 0 aliphatic carbocycles. The normalized spacial score (nSPS) is 16.2. The van der Waals surface area contributed by atoms with Crippen molar-refractivity contribution in [2.24, 2.45) is 4.99 Å². The minimum absolute atomic E-state index is 0.193. The number of ether oxygens (including phenoxy) is 1. The Labute approximate surface area is 175 Å². The molecule has 1 aliphatic heterocycles. The van der Waals surface area contributed by atoms with Gasteiger partial charge >= 0.3 is 5.97 Å². The van der Waals surface area contributed by atoms with Gasteiger partial charge in [0.1, 0.15) is 5.82 Å². The minimum Gasteiger partial charge on any atom is -0.463 e. The van der Waals surface area contributed by atoms with Crippen LogP contribution in [0.3, 0.4) is 0 Å². The fourth-order valence-corrected chi connectivity index (χ4v) is 4.41. The highest BCUT2D eigenvalue weighted by atomic mass is 32.1. The molecule has 0 spiro atoms. The third-order valence-electron chi connectivity index (χ3n) is 4.71. The van der Waals surface area contributed by atoms with Gasteiger partial charge in [-0.3, -0.25) is 14.3 Å². The lowest BCUT2D eigenvalue weighted by molar-refractivity contribution is -0.139. The first-order chi connectivity index (χ1) is 14.5. The number of esters is 1. The molecule has 1 aromatic carbocycles. The fourth-order valence-electron chi connectivity index (χ4n) is 3.36. The highest BCUT2D eigenvalue weighted by Gasteiger charge is 2.33. The van der Waals surface area contributed by atoms with E-state index in [2.05, 4.69) is 9.98 Å². The molecule has 152 valence electrons. The maximum atomic E-state index is 13.5. The van der Waals surface area contributed by atoms with Crippen LogP contribution in [0.15, 0.2) is 69.8 Å². The van der Waals surface area contributed by atoms with E-state index in [4.69, 9.17) is 4.74 Å². The van der Waals surface area contributed by atoms with E-state index in [0.29, 0.717) is 20.6 Å². The van der Waals surface area contributed by atoms with E-state index in [1.54, 1.807) is 56.6 Å². The highest BCUT2D eigenvalue weighted by Crippen LogP contribution is 2.30. The van der Waals surface area contributed by atoms with Crippen molar-refractivity contribution in [3.63, 3.8) is 0 Å². The van der Waals surface area contributed by atoms with Gasteiger partial charge in [0, 0.05) is 12.4 Å². The van der Waals surface area contributed by atoms with E-state index < -0.39 is 17.8 Å². The molecule has 0 radical (unpaired) electrons.